The Morgan fingerprint density at radius 1 is 1.07 bits per heavy atom. The summed E-state index contributed by atoms with van der Waals surface area (Å²) in [6.07, 6.45) is 3.58. The van der Waals surface area contributed by atoms with Crippen molar-refractivity contribution in [3.8, 4) is 0 Å². The van der Waals surface area contributed by atoms with E-state index < -0.39 is 0 Å². The molecule has 86 valence electrons. The van der Waals surface area contributed by atoms with Crippen LogP contribution < -0.4 is 5.32 Å². The van der Waals surface area contributed by atoms with Crippen LogP contribution in [0.25, 0.3) is 0 Å². The number of ether oxygens (including phenoxy) is 2. The van der Waals surface area contributed by atoms with Crippen LogP contribution in [0, 0.1) is 10.8 Å². The average molecular weight is 211 g/mol. The molecule has 1 aliphatic carbocycles. The van der Waals surface area contributed by atoms with Gasteiger partial charge in [-0.1, -0.05) is 13.8 Å². The second-order valence-electron chi connectivity index (χ2n) is 6.47. The van der Waals surface area contributed by atoms with Gasteiger partial charge in [0.05, 0.1) is 25.2 Å². The van der Waals surface area contributed by atoms with Gasteiger partial charge in [-0.15, -0.1) is 0 Å². The van der Waals surface area contributed by atoms with Crippen molar-refractivity contribution in [1.82, 2.24) is 5.32 Å². The van der Waals surface area contributed by atoms with Gasteiger partial charge in [-0.3, -0.25) is 5.32 Å². The molecule has 3 nitrogen and oxygen atoms in total. The zero-order valence-electron chi connectivity index (χ0n) is 9.77. The summed E-state index contributed by atoms with van der Waals surface area (Å²) in [4.78, 5) is 0. The zero-order chi connectivity index (χ0) is 10.6. The largest absolute Gasteiger partial charge is 0.380 e. The maximum Gasteiger partial charge on any atom is 0.119 e. The minimum atomic E-state index is -0.00958. The fraction of sp³-hybridized carbons (Fsp3) is 1.00. The molecule has 0 radical (unpaired) electrons. The first-order chi connectivity index (χ1) is 7.04. The lowest BCUT2D eigenvalue weighted by molar-refractivity contribution is -0.221. The minimum absolute atomic E-state index is 0.00958. The van der Waals surface area contributed by atoms with Crippen LogP contribution in [0.4, 0.5) is 0 Å². The number of hydrogen-bond donors (Lipinski definition) is 1. The fourth-order valence-corrected chi connectivity index (χ4v) is 3.08. The highest BCUT2D eigenvalue weighted by Crippen LogP contribution is 2.47. The molecule has 0 aromatic rings. The predicted octanol–water partition coefficient (Wildman–Crippen LogP) is 1.53. The zero-order valence-corrected chi connectivity index (χ0v) is 9.77. The lowest BCUT2D eigenvalue weighted by Gasteiger charge is -2.50. The van der Waals surface area contributed by atoms with Crippen LogP contribution in [-0.2, 0) is 9.47 Å². The second-order valence-corrected chi connectivity index (χ2v) is 6.47. The Morgan fingerprint density at radius 2 is 1.87 bits per heavy atom. The highest BCUT2D eigenvalue weighted by Gasteiger charge is 2.51. The van der Waals surface area contributed by atoms with E-state index in [4.69, 9.17) is 9.47 Å². The van der Waals surface area contributed by atoms with E-state index >= 15 is 0 Å². The Morgan fingerprint density at radius 3 is 2.27 bits per heavy atom. The molecular formula is C12H21NO2. The highest BCUT2D eigenvalue weighted by molar-refractivity contribution is 5.00. The molecule has 1 unspecified atom stereocenters. The van der Waals surface area contributed by atoms with E-state index in [2.05, 4.69) is 19.2 Å². The summed E-state index contributed by atoms with van der Waals surface area (Å²) in [5.41, 5.74) is 0.732. The van der Waals surface area contributed by atoms with E-state index in [0.717, 1.165) is 39.2 Å². The van der Waals surface area contributed by atoms with Gasteiger partial charge in [0.25, 0.3) is 0 Å². The molecule has 0 bridgehead atoms. The molecule has 3 fully saturated rings. The van der Waals surface area contributed by atoms with E-state index in [0.29, 0.717) is 10.8 Å². The maximum atomic E-state index is 6.13. The molecule has 1 atom stereocenters. The SMILES string of the molecule is CC1(C)CCC2(C1)NCC1(COC1)CO2. The van der Waals surface area contributed by atoms with Gasteiger partial charge in [-0.05, 0) is 24.7 Å². The molecule has 1 N–H and O–H groups in total. The van der Waals surface area contributed by atoms with Crippen LogP contribution in [0.2, 0.25) is 0 Å². The van der Waals surface area contributed by atoms with Crippen molar-refractivity contribution in [3.05, 3.63) is 0 Å². The number of nitrogens with one attached hydrogen (secondary N) is 1. The molecule has 1 saturated carbocycles. The summed E-state index contributed by atoms with van der Waals surface area (Å²) < 4.78 is 11.4. The van der Waals surface area contributed by atoms with Crippen molar-refractivity contribution in [2.75, 3.05) is 26.4 Å². The van der Waals surface area contributed by atoms with Crippen LogP contribution in [0.15, 0.2) is 0 Å². The smallest absolute Gasteiger partial charge is 0.119 e. The topological polar surface area (TPSA) is 30.5 Å². The first kappa shape index (κ1) is 10.1. The van der Waals surface area contributed by atoms with Crippen LogP contribution in [0.1, 0.15) is 33.1 Å². The van der Waals surface area contributed by atoms with Gasteiger partial charge in [-0.2, -0.15) is 0 Å². The summed E-state index contributed by atoms with van der Waals surface area (Å²) in [6.45, 7) is 8.38. The summed E-state index contributed by atoms with van der Waals surface area (Å²) >= 11 is 0. The van der Waals surface area contributed by atoms with Crippen molar-refractivity contribution in [2.45, 2.75) is 38.8 Å². The Kier molecular flexibility index (Phi) is 1.99. The third-order valence-corrected chi connectivity index (χ3v) is 4.23. The van der Waals surface area contributed by atoms with Crippen LogP contribution in [0.5, 0.6) is 0 Å². The van der Waals surface area contributed by atoms with E-state index in [1.54, 1.807) is 0 Å². The van der Waals surface area contributed by atoms with Crippen molar-refractivity contribution in [3.63, 3.8) is 0 Å². The summed E-state index contributed by atoms with van der Waals surface area (Å²) in [5.74, 6) is 0. The lowest BCUT2D eigenvalue weighted by Crippen LogP contribution is -2.64. The summed E-state index contributed by atoms with van der Waals surface area (Å²) in [5, 5.41) is 3.64. The van der Waals surface area contributed by atoms with Gasteiger partial charge in [0, 0.05) is 6.54 Å². The molecule has 3 aliphatic rings. The van der Waals surface area contributed by atoms with Gasteiger partial charge >= 0.3 is 0 Å². The van der Waals surface area contributed by atoms with Crippen molar-refractivity contribution < 1.29 is 9.47 Å². The van der Waals surface area contributed by atoms with Gasteiger partial charge in [0.1, 0.15) is 5.72 Å². The lowest BCUT2D eigenvalue weighted by atomic mass is 9.84. The maximum absolute atomic E-state index is 6.13. The molecule has 0 aromatic heterocycles. The molecule has 2 heterocycles. The van der Waals surface area contributed by atoms with E-state index in [-0.39, 0.29) is 5.72 Å². The van der Waals surface area contributed by atoms with Crippen molar-refractivity contribution >= 4 is 0 Å². The normalized spacial score (nSPS) is 42.0. The monoisotopic (exact) mass is 211 g/mol. The molecule has 2 spiro atoms. The van der Waals surface area contributed by atoms with Crippen LogP contribution in [-0.4, -0.2) is 32.1 Å². The van der Waals surface area contributed by atoms with Gasteiger partial charge in [0.15, 0.2) is 0 Å². The minimum Gasteiger partial charge on any atom is -0.380 e. The average Bonchev–Trinajstić information content (AvgIpc) is 2.41. The van der Waals surface area contributed by atoms with E-state index in [9.17, 15) is 0 Å². The summed E-state index contributed by atoms with van der Waals surface area (Å²) in [7, 11) is 0. The van der Waals surface area contributed by atoms with E-state index in [1.165, 1.54) is 6.42 Å². The second kappa shape index (κ2) is 2.96. The third-order valence-electron chi connectivity index (χ3n) is 4.23. The molecule has 3 heteroatoms. The van der Waals surface area contributed by atoms with Gasteiger partial charge in [0.2, 0.25) is 0 Å². The molecule has 15 heavy (non-hydrogen) atoms. The Labute approximate surface area is 91.5 Å². The fourth-order valence-electron chi connectivity index (χ4n) is 3.08. The molecule has 0 aromatic carbocycles. The standard InChI is InChI=1S/C12H21NO2/c1-10(2)3-4-12(5-10)13-6-11(9-15-12)7-14-8-11/h13H,3-9H2,1-2H3. The van der Waals surface area contributed by atoms with E-state index in [1.807, 2.05) is 0 Å². The van der Waals surface area contributed by atoms with Crippen LogP contribution in [0.3, 0.4) is 0 Å². The Balaban J connectivity index is 1.66. The first-order valence-corrected chi connectivity index (χ1v) is 6.00. The van der Waals surface area contributed by atoms with Crippen molar-refractivity contribution in [1.29, 1.82) is 0 Å². The van der Waals surface area contributed by atoms with Gasteiger partial charge in [-0.25, -0.2) is 0 Å². The quantitative estimate of drug-likeness (QED) is 0.659. The predicted molar refractivity (Wildman–Crippen MR) is 57.6 cm³/mol. The number of rotatable bonds is 0. The molecule has 3 rings (SSSR count). The first-order valence-electron chi connectivity index (χ1n) is 6.00. The molecular weight excluding hydrogens is 190 g/mol. The molecule has 2 saturated heterocycles. The van der Waals surface area contributed by atoms with Crippen LogP contribution >= 0.6 is 0 Å². The Hall–Kier alpha value is -0.120. The van der Waals surface area contributed by atoms with Gasteiger partial charge < -0.3 is 9.47 Å². The molecule has 0 amide bonds. The Bertz CT molecular complexity index is 261. The number of hydrogen-bond acceptors (Lipinski definition) is 3. The third kappa shape index (κ3) is 1.61. The molecule has 2 aliphatic heterocycles. The highest BCUT2D eigenvalue weighted by atomic mass is 16.5. The summed E-state index contributed by atoms with van der Waals surface area (Å²) in [6, 6.07) is 0. The van der Waals surface area contributed by atoms with Crippen molar-refractivity contribution in [2.24, 2.45) is 10.8 Å².